The van der Waals surface area contributed by atoms with Gasteiger partial charge in [-0.15, -0.1) is 0 Å². The van der Waals surface area contributed by atoms with Crippen LogP contribution >= 0.6 is 0 Å². The molecular formula is C21H20N2O7. The van der Waals surface area contributed by atoms with Crippen LogP contribution in [0.2, 0.25) is 0 Å². The van der Waals surface area contributed by atoms with Crippen LogP contribution in [0, 0.1) is 16.0 Å². The van der Waals surface area contributed by atoms with E-state index in [2.05, 4.69) is 0 Å². The molecular weight excluding hydrogens is 392 g/mol. The van der Waals surface area contributed by atoms with Gasteiger partial charge in [-0.25, -0.2) is 0 Å². The Morgan fingerprint density at radius 1 is 1.20 bits per heavy atom. The van der Waals surface area contributed by atoms with Gasteiger partial charge in [0.1, 0.15) is 5.75 Å². The van der Waals surface area contributed by atoms with Gasteiger partial charge in [-0.2, -0.15) is 0 Å². The number of nitro benzene ring substituents is 1. The first-order chi connectivity index (χ1) is 14.3. The molecule has 30 heavy (non-hydrogen) atoms. The van der Waals surface area contributed by atoms with E-state index in [4.69, 9.17) is 9.47 Å². The number of carbonyl (C=O) groups is 3. The van der Waals surface area contributed by atoms with E-state index >= 15 is 0 Å². The number of esters is 1. The molecule has 2 atom stereocenters. The third-order valence-corrected chi connectivity index (χ3v) is 4.85. The van der Waals surface area contributed by atoms with Gasteiger partial charge in [-0.05, 0) is 37.3 Å². The lowest BCUT2D eigenvalue weighted by Crippen LogP contribution is -2.30. The fourth-order valence-corrected chi connectivity index (χ4v) is 3.20. The molecule has 156 valence electrons. The molecule has 0 radical (unpaired) electrons. The number of carbonyl (C=O) groups excluding carboxylic acids is 3. The molecule has 0 unspecified atom stereocenters. The fourth-order valence-electron chi connectivity index (χ4n) is 3.20. The van der Waals surface area contributed by atoms with Crippen LogP contribution in [0.5, 0.6) is 5.75 Å². The molecule has 9 heteroatoms. The average molecular weight is 412 g/mol. The summed E-state index contributed by atoms with van der Waals surface area (Å²) in [4.78, 5) is 49.0. The van der Waals surface area contributed by atoms with E-state index in [1.54, 1.807) is 30.3 Å². The number of nitro groups is 1. The van der Waals surface area contributed by atoms with Crippen molar-refractivity contribution in [2.45, 2.75) is 19.4 Å². The quantitative estimate of drug-likeness (QED) is 0.297. The number of benzene rings is 2. The maximum absolute atomic E-state index is 12.5. The van der Waals surface area contributed by atoms with Gasteiger partial charge in [0, 0.05) is 30.7 Å². The molecule has 0 aliphatic carbocycles. The number of ketones is 1. The van der Waals surface area contributed by atoms with Crippen molar-refractivity contribution in [3.05, 3.63) is 64.2 Å². The van der Waals surface area contributed by atoms with Crippen LogP contribution in [0.25, 0.3) is 0 Å². The Hall–Kier alpha value is -3.75. The third kappa shape index (κ3) is 4.45. The van der Waals surface area contributed by atoms with Gasteiger partial charge in [0.2, 0.25) is 11.7 Å². The lowest BCUT2D eigenvalue weighted by molar-refractivity contribution is -0.384. The van der Waals surface area contributed by atoms with E-state index in [1.807, 2.05) is 0 Å². The predicted octanol–water partition coefficient (Wildman–Crippen LogP) is 2.77. The molecule has 2 aromatic carbocycles. The smallest absolute Gasteiger partial charge is 0.312 e. The van der Waals surface area contributed by atoms with E-state index in [9.17, 15) is 24.5 Å². The van der Waals surface area contributed by atoms with E-state index in [0.29, 0.717) is 17.0 Å². The zero-order chi connectivity index (χ0) is 21.8. The van der Waals surface area contributed by atoms with Crippen LogP contribution in [0.15, 0.2) is 48.5 Å². The molecule has 0 bridgehead atoms. The van der Waals surface area contributed by atoms with Gasteiger partial charge in [0.15, 0.2) is 6.10 Å². The second-order valence-corrected chi connectivity index (χ2v) is 6.85. The first-order valence-electron chi connectivity index (χ1n) is 9.23. The van der Waals surface area contributed by atoms with Crippen LogP contribution < -0.4 is 9.64 Å². The van der Waals surface area contributed by atoms with Crippen LogP contribution in [0.3, 0.4) is 0 Å². The molecule has 1 fully saturated rings. The second kappa shape index (κ2) is 8.73. The fraction of sp³-hybridized carbons (Fsp3) is 0.286. The molecule has 0 aromatic heterocycles. The summed E-state index contributed by atoms with van der Waals surface area (Å²) in [5.74, 6) is -1.53. The highest BCUT2D eigenvalue weighted by atomic mass is 16.6. The minimum absolute atomic E-state index is 0.0300. The van der Waals surface area contributed by atoms with E-state index in [1.165, 1.54) is 37.1 Å². The number of amides is 1. The van der Waals surface area contributed by atoms with E-state index < -0.39 is 22.9 Å². The Morgan fingerprint density at radius 2 is 1.90 bits per heavy atom. The van der Waals surface area contributed by atoms with Crippen molar-refractivity contribution in [3.63, 3.8) is 0 Å². The predicted molar refractivity (Wildman–Crippen MR) is 106 cm³/mol. The van der Waals surface area contributed by atoms with Gasteiger partial charge in [0.25, 0.3) is 5.69 Å². The minimum atomic E-state index is -1.02. The Bertz CT molecular complexity index is 987. The summed E-state index contributed by atoms with van der Waals surface area (Å²) in [5.41, 5.74) is 0.564. The number of non-ortho nitro benzene ring substituents is 1. The van der Waals surface area contributed by atoms with Gasteiger partial charge in [-0.3, -0.25) is 24.5 Å². The standard InChI is InChI=1S/C21H20N2O7/c1-13(20(25)14-6-8-18(29-2)9-7-14)30-21(26)15-10-19(24)22(12-15)16-4-3-5-17(11-16)23(27)28/h3-9,11,13,15H,10,12H2,1-2H3/t13-,15-/m0/s1. The lowest BCUT2D eigenvalue weighted by Gasteiger charge is -2.17. The third-order valence-electron chi connectivity index (χ3n) is 4.85. The maximum atomic E-state index is 12.5. The van der Waals surface area contributed by atoms with Gasteiger partial charge >= 0.3 is 5.97 Å². The van der Waals surface area contributed by atoms with Crippen molar-refractivity contribution in [3.8, 4) is 5.75 Å². The first kappa shape index (κ1) is 21.0. The van der Waals surface area contributed by atoms with Crippen molar-refractivity contribution in [1.29, 1.82) is 0 Å². The normalized spacial score (nSPS) is 16.8. The number of Topliss-reactive ketones (excluding diaryl/α,β-unsaturated/α-hetero) is 1. The molecule has 0 N–H and O–H groups in total. The monoisotopic (exact) mass is 412 g/mol. The van der Waals surface area contributed by atoms with Crippen LogP contribution in [-0.4, -0.2) is 42.3 Å². The second-order valence-electron chi connectivity index (χ2n) is 6.85. The Balaban J connectivity index is 1.64. The maximum Gasteiger partial charge on any atom is 0.312 e. The molecule has 1 aliphatic rings. The lowest BCUT2D eigenvalue weighted by atomic mass is 10.1. The molecule has 0 saturated carbocycles. The molecule has 1 saturated heterocycles. The zero-order valence-corrected chi connectivity index (χ0v) is 16.4. The summed E-state index contributed by atoms with van der Waals surface area (Å²) in [7, 11) is 1.51. The molecule has 3 rings (SSSR count). The molecule has 1 aliphatic heterocycles. The highest BCUT2D eigenvalue weighted by Gasteiger charge is 2.37. The average Bonchev–Trinajstić information content (AvgIpc) is 3.15. The molecule has 1 heterocycles. The highest BCUT2D eigenvalue weighted by molar-refractivity contribution is 6.02. The topological polar surface area (TPSA) is 116 Å². The SMILES string of the molecule is COc1ccc(C(=O)[C@H](C)OC(=O)[C@H]2CC(=O)N(c3cccc([N+](=O)[O-])c3)C2)cc1. The summed E-state index contributed by atoms with van der Waals surface area (Å²) in [6.45, 7) is 1.50. The molecule has 9 nitrogen and oxygen atoms in total. The largest absolute Gasteiger partial charge is 0.497 e. The van der Waals surface area contributed by atoms with Gasteiger partial charge in [0.05, 0.1) is 23.6 Å². The van der Waals surface area contributed by atoms with Crippen molar-refractivity contribution in [2.24, 2.45) is 5.92 Å². The highest BCUT2D eigenvalue weighted by Crippen LogP contribution is 2.28. The number of hydrogen-bond acceptors (Lipinski definition) is 7. The number of ether oxygens (including phenoxy) is 2. The molecule has 2 aromatic rings. The van der Waals surface area contributed by atoms with Crippen LogP contribution in [-0.2, 0) is 14.3 Å². The summed E-state index contributed by atoms with van der Waals surface area (Å²) < 4.78 is 10.3. The number of methoxy groups -OCH3 is 1. The van der Waals surface area contributed by atoms with E-state index in [-0.39, 0.29) is 30.3 Å². The Morgan fingerprint density at radius 3 is 2.53 bits per heavy atom. The Labute approximate surface area is 172 Å². The first-order valence-corrected chi connectivity index (χ1v) is 9.23. The number of nitrogens with zero attached hydrogens (tertiary/aromatic N) is 2. The molecule has 1 amide bonds. The van der Waals surface area contributed by atoms with Crippen molar-refractivity contribution in [2.75, 3.05) is 18.6 Å². The summed E-state index contributed by atoms with van der Waals surface area (Å²) in [6.07, 6.45) is -1.11. The van der Waals surface area contributed by atoms with Crippen molar-refractivity contribution >= 4 is 29.0 Å². The Kier molecular flexibility index (Phi) is 6.10. The number of hydrogen-bond donors (Lipinski definition) is 0. The number of anilines is 1. The zero-order valence-electron chi connectivity index (χ0n) is 16.4. The van der Waals surface area contributed by atoms with Gasteiger partial charge < -0.3 is 14.4 Å². The van der Waals surface area contributed by atoms with E-state index in [0.717, 1.165) is 0 Å². The van der Waals surface area contributed by atoms with Crippen LogP contribution in [0.1, 0.15) is 23.7 Å². The molecule has 0 spiro atoms. The van der Waals surface area contributed by atoms with Gasteiger partial charge in [-0.1, -0.05) is 6.07 Å². The number of rotatable bonds is 7. The summed E-state index contributed by atoms with van der Waals surface area (Å²) in [6, 6.07) is 12.1. The minimum Gasteiger partial charge on any atom is -0.497 e. The van der Waals surface area contributed by atoms with Crippen molar-refractivity contribution < 1.29 is 28.8 Å². The summed E-state index contributed by atoms with van der Waals surface area (Å²) in [5, 5.41) is 10.9. The van der Waals surface area contributed by atoms with Crippen LogP contribution in [0.4, 0.5) is 11.4 Å². The van der Waals surface area contributed by atoms with Crippen molar-refractivity contribution in [1.82, 2.24) is 0 Å². The summed E-state index contributed by atoms with van der Waals surface area (Å²) >= 11 is 0.